The van der Waals surface area contributed by atoms with Crippen molar-refractivity contribution in [3.05, 3.63) is 71.8 Å². The first-order chi connectivity index (χ1) is 11.0. The van der Waals surface area contributed by atoms with E-state index in [9.17, 15) is 9.36 Å². The summed E-state index contributed by atoms with van der Waals surface area (Å²) in [5, 5.41) is 17.9. The van der Waals surface area contributed by atoms with Crippen LogP contribution in [-0.4, -0.2) is 21.1 Å². The molecule has 0 saturated heterocycles. The van der Waals surface area contributed by atoms with Crippen LogP contribution in [0.15, 0.2) is 60.7 Å². The Kier molecular flexibility index (Phi) is 8.27. The van der Waals surface area contributed by atoms with E-state index in [1.165, 1.54) is 0 Å². The van der Waals surface area contributed by atoms with Crippen molar-refractivity contribution in [2.24, 2.45) is 0 Å². The van der Waals surface area contributed by atoms with Gasteiger partial charge in [0, 0.05) is 0 Å². The van der Waals surface area contributed by atoms with Crippen LogP contribution >= 0.6 is 8.03 Å². The van der Waals surface area contributed by atoms with E-state index in [-0.39, 0.29) is 5.92 Å². The van der Waals surface area contributed by atoms with Crippen molar-refractivity contribution in [3.63, 3.8) is 0 Å². The van der Waals surface area contributed by atoms with Gasteiger partial charge in [0.2, 0.25) is 8.03 Å². The second-order valence-electron chi connectivity index (χ2n) is 4.86. The van der Waals surface area contributed by atoms with Crippen molar-refractivity contribution in [1.29, 1.82) is 0 Å². The minimum absolute atomic E-state index is 0.355. The summed E-state index contributed by atoms with van der Waals surface area (Å²) in [7, 11) is -2.86. The average Bonchev–Trinajstić information content (AvgIpc) is 2.57. The first kappa shape index (κ1) is 19.1. The van der Waals surface area contributed by atoms with Crippen molar-refractivity contribution in [2.75, 3.05) is 0 Å². The summed E-state index contributed by atoms with van der Waals surface area (Å²) >= 11 is 0. The Morgan fingerprint density at radius 2 is 1.43 bits per heavy atom. The molecule has 124 valence electrons. The predicted octanol–water partition coefficient (Wildman–Crippen LogP) is 3.41. The molecular formula is C17H21O5P. The topological polar surface area (TPSA) is 94.8 Å². The molecule has 0 spiro atoms. The van der Waals surface area contributed by atoms with Crippen molar-refractivity contribution >= 4 is 14.0 Å². The molecule has 0 fully saturated rings. The molecule has 0 aliphatic rings. The highest BCUT2D eigenvalue weighted by atomic mass is 31.1. The number of hydrogen-bond donors (Lipinski definition) is 3. The van der Waals surface area contributed by atoms with Gasteiger partial charge in [0.1, 0.15) is 0 Å². The van der Waals surface area contributed by atoms with Gasteiger partial charge in [0.05, 0.1) is 5.92 Å². The molecule has 0 aromatic heterocycles. The highest BCUT2D eigenvalue weighted by Crippen LogP contribution is 2.34. The Labute approximate surface area is 136 Å². The third kappa shape index (κ3) is 6.37. The van der Waals surface area contributed by atoms with Crippen LogP contribution in [0.5, 0.6) is 0 Å². The average molecular weight is 336 g/mol. The summed E-state index contributed by atoms with van der Waals surface area (Å²) in [5.74, 6) is -2.32. The Bertz CT molecular complexity index is 615. The van der Waals surface area contributed by atoms with E-state index in [4.69, 9.17) is 15.1 Å². The number of benzene rings is 2. The van der Waals surface area contributed by atoms with Gasteiger partial charge in [-0.2, -0.15) is 0 Å². The molecule has 2 aromatic rings. The number of aliphatic hydroxyl groups is 1. The van der Waals surface area contributed by atoms with Gasteiger partial charge in [-0.15, -0.1) is 0 Å². The lowest BCUT2D eigenvalue weighted by Gasteiger charge is -2.08. The molecule has 3 atom stereocenters. The molecule has 23 heavy (non-hydrogen) atoms. The van der Waals surface area contributed by atoms with Gasteiger partial charge in [-0.1, -0.05) is 67.6 Å². The monoisotopic (exact) mass is 336 g/mol. The second-order valence-corrected chi connectivity index (χ2v) is 6.08. The number of aliphatic hydroxyl groups excluding tert-OH is 1. The van der Waals surface area contributed by atoms with E-state index >= 15 is 0 Å². The zero-order chi connectivity index (χ0) is 17.2. The molecule has 0 bridgehead atoms. The zero-order valence-corrected chi connectivity index (χ0v) is 13.8. The Morgan fingerprint density at radius 1 is 1.00 bits per heavy atom. The van der Waals surface area contributed by atoms with E-state index in [1.54, 1.807) is 30.3 Å². The maximum absolute atomic E-state index is 10.7. The van der Waals surface area contributed by atoms with E-state index in [2.05, 4.69) is 0 Å². The predicted molar refractivity (Wildman–Crippen MR) is 89.7 cm³/mol. The number of carbonyl (C=O) groups is 1. The number of carboxylic acids is 1. The first-order valence-corrected chi connectivity index (χ1v) is 8.64. The quantitative estimate of drug-likeness (QED) is 0.727. The molecule has 6 heteroatoms. The number of aliphatic carboxylic acids is 1. The van der Waals surface area contributed by atoms with E-state index in [0.29, 0.717) is 12.0 Å². The van der Waals surface area contributed by atoms with Crippen LogP contribution in [0.2, 0.25) is 0 Å². The second kappa shape index (κ2) is 9.95. The molecule has 0 aliphatic heterocycles. The van der Waals surface area contributed by atoms with Crippen LogP contribution in [0.3, 0.4) is 0 Å². The Balaban J connectivity index is 0.000000231. The van der Waals surface area contributed by atoms with Gasteiger partial charge in [0.25, 0.3) is 0 Å². The molecule has 0 amide bonds. The zero-order valence-electron chi connectivity index (χ0n) is 12.8. The molecule has 0 radical (unpaired) electrons. The standard InChI is InChI=1S/C10H12O2.C7H9O3P/c1-2-9(10(11)12)8-6-4-3-5-7-8;8-7(11(9)10)6-4-2-1-3-5-6/h3-7,9H,2H2,1H3,(H,11,12);1-5,7-8,11H,(H,9,10). The van der Waals surface area contributed by atoms with Gasteiger partial charge >= 0.3 is 5.97 Å². The minimum atomic E-state index is -2.86. The maximum Gasteiger partial charge on any atom is 0.310 e. The highest BCUT2D eigenvalue weighted by molar-refractivity contribution is 7.38. The summed E-state index contributed by atoms with van der Waals surface area (Å²) in [6.45, 7) is 1.88. The highest BCUT2D eigenvalue weighted by Gasteiger charge is 2.16. The summed E-state index contributed by atoms with van der Waals surface area (Å²) in [6.07, 6.45) is 0.638. The summed E-state index contributed by atoms with van der Waals surface area (Å²) < 4.78 is 10.4. The Hall–Kier alpha value is -1.94. The summed E-state index contributed by atoms with van der Waals surface area (Å²) in [4.78, 5) is 19.3. The van der Waals surface area contributed by atoms with Crippen LogP contribution in [0, 0.1) is 0 Å². The number of carboxylic acid groups (broad SMARTS) is 1. The van der Waals surface area contributed by atoms with Crippen LogP contribution < -0.4 is 0 Å². The summed E-state index contributed by atoms with van der Waals surface area (Å²) in [5.41, 5.74) is 1.37. The first-order valence-electron chi connectivity index (χ1n) is 7.21. The largest absolute Gasteiger partial charge is 0.481 e. The molecular weight excluding hydrogens is 315 g/mol. The van der Waals surface area contributed by atoms with E-state index in [1.807, 2.05) is 37.3 Å². The van der Waals surface area contributed by atoms with E-state index in [0.717, 1.165) is 5.56 Å². The van der Waals surface area contributed by atoms with Gasteiger partial charge in [0.15, 0.2) is 5.85 Å². The molecule has 0 saturated carbocycles. The lowest BCUT2D eigenvalue weighted by Crippen LogP contribution is -2.09. The lowest BCUT2D eigenvalue weighted by atomic mass is 9.97. The number of rotatable bonds is 5. The van der Waals surface area contributed by atoms with Gasteiger partial charge in [-0.25, -0.2) is 0 Å². The summed E-state index contributed by atoms with van der Waals surface area (Å²) in [6, 6.07) is 17.7. The molecule has 2 aromatic carbocycles. The fourth-order valence-corrected chi connectivity index (χ4v) is 2.49. The molecule has 3 unspecified atom stereocenters. The molecule has 3 N–H and O–H groups in total. The smallest absolute Gasteiger partial charge is 0.310 e. The lowest BCUT2D eigenvalue weighted by molar-refractivity contribution is -0.138. The fraction of sp³-hybridized carbons (Fsp3) is 0.235. The van der Waals surface area contributed by atoms with Crippen molar-refractivity contribution in [1.82, 2.24) is 0 Å². The van der Waals surface area contributed by atoms with Crippen LogP contribution in [0.25, 0.3) is 0 Å². The molecule has 5 nitrogen and oxygen atoms in total. The van der Waals surface area contributed by atoms with Crippen LogP contribution in [0.1, 0.15) is 36.2 Å². The Morgan fingerprint density at radius 3 is 1.78 bits per heavy atom. The minimum Gasteiger partial charge on any atom is -0.481 e. The third-order valence-electron chi connectivity index (χ3n) is 3.26. The normalized spacial score (nSPS) is 14.0. The van der Waals surface area contributed by atoms with Gasteiger partial charge < -0.3 is 15.1 Å². The van der Waals surface area contributed by atoms with Crippen LogP contribution in [-0.2, 0) is 9.36 Å². The molecule has 2 rings (SSSR count). The van der Waals surface area contributed by atoms with Crippen molar-refractivity contribution < 1.29 is 24.5 Å². The SMILES string of the molecule is CCC(C(=O)O)c1ccccc1.O=[PH](O)C(O)c1ccccc1. The van der Waals surface area contributed by atoms with Gasteiger partial charge in [-0.3, -0.25) is 9.36 Å². The molecule has 0 heterocycles. The maximum atomic E-state index is 10.7. The van der Waals surface area contributed by atoms with E-state index < -0.39 is 19.8 Å². The fourth-order valence-electron chi connectivity index (χ4n) is 2.02. The van der Waals surface area contributed by atoms with Crippen molar-refractivity contribution in [2.45, 2.75) is 25.1 Å². The van der Waals surface area contributed by atoms with Crippen LogP contribution in [0.4, 0.5) is 0 Å². The molecule has 0 aliphatic carbocycles. The van der Waals surface area contributed by atoms with Crippen molar-refractivity contribution in [3.8, 4) is 0 Å². The number of hydrogen-bond acceptors (Lipinski definition) is 3. The third-order valence-corrected chi connectivity index (χ3v) is 4.06. The van der Waals surface area contributed by atoms with Gasteiger partial charge in [-0.05, 0) is 17.5 Å².